The minimum atomic E-state index is -3.72. The normalized spacial score (nSPS) is 20.9. The van der Waals surface area contributed by atoms with E-state index in [-0.39, 0.29) is 35.3 Å². The molecule has 1 N–H and O–H groups in total. The van der Waals surface area contributed by atoms with Crippen LogP contribution in [0.3, 0.4) is 0 Å². The van der Waals surface area contributed by atoms with Crippen molar-refractivity contribution in [1.29, 1.82) is 0 Å². The fraction of sp³-hybridized carbons (Fsp3) is 0.579. The zero-order chi connectivity index (χ0) is 20.1. The largest absolute Gasteiger partial charge is 0.469 e. The Morgan fingerprint density at radius 1 is 1.25 bits per heavy atom. The highest BCUT2D eigenvalue weighted by Crippen LogP contribution is 2.21. The Balaban J connectivity index is 1.63. The van der Waals surface area contributed by atoms with Gasteiger partial charge in [0.2, 0.25) is 10.0 Å². The van der Waals surface area contributed by atoms with Crippen LogP contribution in [0.25, 0.3) is 0 Å². The van der Waals surface area contributed by atoms with Crippen LogP contribution in [-0.4, -0.2) is 64.6 Å². The molecule has 3 rings (SSSR count). The number of ether oxygens (including phenoxy) is 2. The van der Waals surface area contributed by atoms with Crippen molar-refractivity contribution in [2.75, 3.05) is 33.4 Å². The number of carbonyl (C=O) groups excluding carboxylic acids is 2. The summed E-state index contributed by atoms with van der Waals surface area (Å²) in [7, 11) is -2.36. The molecule has 0 aliphatic carbocycles. The number of amides is 1. The van der Waals surface area contributed by atoms with Gasteiger partial charge in [0.1, 0.15) is 0 Å². The molecule has 9 heteroatoms. The Morgan fingerprint density at radius 3 is 2.64 bits per heavy atom. The predicted octanol–water partition coefficient (Wildman–Crippen LogP) is 1.17. The van der Waals surface area contributed by atoms with Crippen molar-refractivity contribution in [1.82, 2.24) is 9.62 Å². The van der Waals surface area contributed by atoms with Gasteiger partial charge in [0.05, 0.1) is 24.0 Å². The quantitative estimate of drug-likeness (QED) is 0.707. The van der Waals surface area contributed by atoms with Gasteiger partial charge in [-0.1, -0.05) is 6.07 Å². The Labute approximate surface area is 165 Å². The molecule has 1 aromatic rings. The molecule has 2 fully saturated rings. The van der Waals surface area contributed by atoms with Crippen molar-refractivity contribution in [3.05, 3.63) is 29.8 Å². The summed E-state index contributed by atoms with van der Waals surface area (Å²) in [5, 5.41) is 0. The third-order valence-electron chi connectivity index (χ3n) is 5.23. The first-order valence-electron chi connectivity index (χ1n) is 9.49. The first-order valence-corrected chi connectivity index (χ1v) is 11.0. The molecule has 0 spiro atoms. The molecule has 1 amide bonds. The number of nitrogens with zero attached hydrogens (tertiary/aromatic N) is 1. The Kier molecular flexibility index (Phi) is 6.69. The van der Waals surface area contributed by atoms with Gasteiger partial charge < -0.3 is 14.4 Å². The van der Waals surface area contributed by atoms with Crippen LogP contribution in [0.15, 0.2) is 29.2 Å². The van der Waals surface area contributed by atoms with Gasteiger partial charge in [-0.15, -0.1) is 0 Å². The van der Waals surface area contributed by atoms with Crippen LogP contribution in [0, 0.1) is 5.92 Å². The summed E-state index contributed by atoms with van der Waals surface area (Å²) in [5.74, 6) is -0.681. The van der Waals surface area contributed by atoms with Crippen molar-refractivity contribution >= 4 is 21.9 Å². The monoisotopic (exact) mass is 410 g/mol. The maximum atomic E-state index is 12.8. The van der Waals surface area contributed by atoms with Crippen LogP contribution in [0.4, 0.5) is 0 Å². The second kappa shape index (κ2) is 9.02. The van der Waals surface area contributed by atoms with E-state index in [0.717, 1.165) is 12.8 Å². The lowest BCUT2D eigenvalue weighted by atomic mass is 9.96. The number of hydrogen-bond donors (Lipinski definition) is 1. The topological polar surface area (TPSA) is 102 Å². The van der Waals surface area contributed by atoms with Crippen molar-refractivity contribution in [3.63, 3.8) is 0 Å². The van der Waals surface area contributed by atoms with Gasteiger partial charge in [-0.3, -0.25) is 9.59 Å². The molecule has 2 heterocycles. The second-order valence-electron chi connectivity index (χ2n) is 7.10. The van der Waals surface area contributed by atoms with Crippen molar-refractivity contribution in [3.8, 4) is 0 Å². The molecule has 1 atom stereocenters. The summed E-state index contributed by atoms with van der Waals surface area (Å²) >= 11 is 0. The Hall–Kier alpha value is -1.97. The minimum Gasteiger partial charge on any atom is -0.469 e. The van der Waals surface area contributed by atoms with Gasteiger partial charge in [0.25, 0.3) is 5.91 Å². The number of methoxy groups -OCH3 is 1. The van der Waals surface area contributed by atoms with Gasteiger partial charge in [-0.2, -0.15) is 0 Å². The number of sulfonamides is 1. The molecule has 0 bridgehead atoms. The first-order chi connectivity index (χ1) is 13.4. The summed E-state index contributed by atoms with van der Waals surface area (Å²) in [5.41, 5.74) is 0.316. The Bertz CT molecular complexity index is 811. The van der Waals surface area contributed by atoms with Gasteiger partial charge >= 0.3 is 5.97 Å². The number of likely N-dealkylation sites (tertiary alicyclic amines) is 1. The number of carbonyl (C=O) groups is 2. The number of esters is 1. The summed E-state index contributed by atoms with van der Waals surface area (Å²) < 4.78 is 37.9. The van der Waals surface area contributed by atoms with Gasteiger partial charge in [0.15, 0.2) is 0 Å². The zero-order valence-corrected chi connectivity index (χ0v) is 16.7. The van der Waals surface area contributed by atoms with Gasteiger partial charge in [0, 0.05) is 31.8 Å². The average molecular weight is 410 g/mol. The number of hydrogen-bond acceptors (Lipinski definition) is 6. The lowest BCUT2D eigenvalue weighted by Gasteiger charge is -2.30. The molecule has 0 aromatic heterocycles. The van der Waals surface area contributed by atoms with E-state index >= 15 is 0 Å². The standard InChI is InChI=1S/C19H26N2O6S/c1-26-19(23)14-7-9-21(10-8-14)18(22)15-4-2-6-17(12-15)28(24,25)20-13-16-5-3-11-27-16/h2,4,6,12,14,16,20H,3,5,7-11,13H2,1H3. The van der Waals surface area contributed by atoms with E-state index in [1.165, 1.54) is 19.2 Å². The molecule has 0 saturated carbocycles. The molecule has 1 aromatic carbocycles. The third kappa shape index (κ3) is 4.89. The highest BCUT2D eigenvalue weighted by molar-refractivity contribution is 7.89. The maximum absolute atomic E-state index is 12.8. The second-order valence-corrected chi connectivity index (χ2v) is 8.87. The van der Waals surface area contributed by atoms with E-state index in [1.807, 2.05) is 0 Å². The van der Waals surface area contributed by atoms with Crippen LogP contribution in [-0.2, 0) is 24.3 Å². The molecule has 2 aliphatic heterocycles. The number of piperidine rings is 1. The molecule has 154 valence electrons. The SMILES string of the molecule is COC(=O)C1CCN(C(=O)c2cccc(S(=O)(=O)NCC3CCCO3)c2)CC1. The summed E-state index contributed by atoms with van der Waals surface area (Å²) in [6.45, 7) is 1.75. The maximum Gasteiger partial charge on any atom is 0.308 e. The van der Waals surface area contributed by atoms with Crippen molar-refractivity contribution in [2.24, 2.45) is 5.92 Å². The summed E-state index contributed by atoms with van der Waals surface area (Å²) in [4.78, 5) is 26.1. The van der Waals surface area contributed by atoms with Crippen LogP contribution >= 0.6 is 0 Å². The lowest BCUT2D eigenvalue weighted by Crippen LogP contribution is -2.40. The number of benzene rings is 1. The smallest absolute Gasteiger partial charge is 0.308 e. The predicted molar refractivity (Wildman–Crippen MR) is 101 cm³/mol. The Morgan fingerprint density at radius 2 is 2.00 bits per heavy atom. The zero-order valence-electron chi connectivity index (χ0n) is 15.9. The van der Waals surface area contributed by atoms with E-state index in [9.17, 15) is 18.0 Å². The molecule has 2 aliphatic rings. The summed E-state index contributed by atoms with van der Waals surface area (Å²) in [6.07, 6.45) is 2.75. The van der Waals surface area contributed by atoms with Crippen LogP contribution in [0.5, 0.6) is 0 Å². The van der Waals surface area contributed by atoms with Crippen molar-refractivity contribution in [2.45, 2.75) is 36.7 Å². The van der Waals surface area contributed by atoms with Gasteiger partial charge in [-0.25, -0.2) is 13.1 Å². The highest BCUT2D eigenvalue weighted by Gasteiger charge is 2.29. The van der Waals surface area contributed by atoms with Crippen LogP contribution in [0.2, 0.25) is 0 Å². The number of rotatable bonds is 6. The first kappa shape index (κ1) is 20.8. The van der Waals surface area contributed by atoms with E-state index in [0.29, 0.717) is 38.1 Å². The highest BCUT2D eigenvalue weighted by atomic mass is 32.2. The fourth-order valence-corrected chi connectivity index (χ4v) is 4.67. The molecular weight excluding hydrogens is 384 g/mol. The molecule has 2 saturated heterocycles. The molecular formula is C19H26N2O6S. The van der Waals surface area contributed by atoms with Crippen LogP contribution in [0.1, 0.15) is 36.0 Å². The average Bonchev–Trinajstić information content (AvgIpc) is 3.25. The number of nitrogens with one attached hydrogen (secondary N) is 1. The van der Waals surface area contributed by atoms with Crippen LogP contribution < -0.4 is 4.72 Å². The fourth-order valence-electron chi connectivity index (χ4n) is 3.56. The lowest BCUT2D eigenvalue weighted by molar-refractivity contribution is -0.146. The van der Waals surface area contributed by atoms with Crippen molar-refractivity contribution < 1.29 is 27.5 Å². The molecule has 1 unspecified atom stereocenters. The third-order valence-corrected chi connectivity index (χ3v) is 6.65. The van der Waals surface area contributed by atoms with E-state index in [1.54, 1.807) is 17.0 Å². The minimum absolute atomic E-state index is 0.0563. The van der Waals surface area contributed by atoms with E-state index in [4.69, 9.17) is 9.47 Å². The summed E-state index contributed by atoms with van der Waals surface area (Å²) in [6, 6.07) is 6.04. The molecule has 0 radical (unpaired) electrons. The molecule has 28 heavy (non-hydrogen) atoms. The van der Waals surface area contributed by atoms with E-state index in [2.05, 4.69) is 4.72 Å². The van der Waals surface area contributed by atoms with Gasteiger partial charge in [-0.05, 0) is 43.9 Å². The van der Waals surface area contributed by atoms with E-state index < -0.39 is 10.0 Å². The molecule has 8 nitrogen and oxygen atoms in total.